The Morgan fingerprint density at radius 1 is 1.47 bits per heavy atom. The van der Waals surface area contributed by atoms with E-state index in [1.165, 1.54) is 0 Å². The number of carbonyl (C=O) groups excluding carboxylic acids is 1. The lowest BCUT2D eigenvalue weighted by molar-refractivity contribution is -0.173. The van der Waals surface area contributed by atoms with Gasteiger partial charge in [0.15, 0.2) is 0 Å². The molecule has 0 aromatic carbocycles. The standard InChI is InChI=1S/C12H15F3OS/c1-10(2)7-3-4-11(10,9(17)5-7)6-8(16)12(13,14)15/h7H,3-6H2,1-2H3. The van der Waals surface area contributed by atoms with Crippen LogP contribution in [0.15, 0.2) is 0 Å². The van der Waals surface area contributed by atoms with Crippen LogP contribution in [0.3, 0.4) is 0 Å². The highest BCUT2D eigenvalue weighted by molar-refractivity contribution is 7.80. The van der Waals surface area contributed by atoms with E-state index >= 15 is 0 Å². The fourth-order valence-electron chi connectivity index (χ4n) is 3.56. The topological polar surface area (TPSA) is 17.1 Å². The van der Waals surface area contributed by atoms with E-state index in [1.807, 2.05) is 13.8 Å². The Morgan fingerprint density at radius 3 is 2.41 bits per heavy atom. The third-order valence-corrected chi connectivity index (χ3v) is 5.48. The fourth-order valence-corrected chi connectivity index (χ4v) is 4.20. The lowest BCUT2D eigenvalue weighted by Crippen LogP contribution is -2.40. The van der Waals surface area contributed by atoms with Crippen LogP contribution >= 0.6 is 12.2 Å². The van der Waals surface area contributed by atoms with Crippen LogP contribution in [0.2, 0.25) is 0 Å². The van der Waals surface area contributed by atoms with E-state index in [2.05, 4.69) is 0 Å². The van der Waals surface area contributed by atoms with Crippen LogP contribution in [0.5, 0.6) is 0 Å². The highest BCUT2D eigenvalue weighted by atomic mass is 32.1. The van der Waals surface area contributed by atoms with Gasteiger partial charge >= 0.3 is 6.18 Å². The van der Waals surface area contributed by atoms with Crippen molar-refractivity contribution in [3.05, 3.63) is 0 Å². The second-order valence-corrected chi connectivity index (χ2v) is 6.26. The number of fused-ring (bicyclic) bond motifs is 2. The van der Waals surface area contributed by atoms with E-state index in [1.54, 1.807) is 0 Å². The van der Waals surface area contributed by atoms with Crippen molar-refractivity contribution in [2.24, 2.45) is 16.7 Å². The Hall–Kier alpha value is -0.450. The molecule has 17 heavy (non-hydrogen) atoms. The summed E-state index contributed by atoms with van der Waals surface area (Å²) < 4.78 is 37.2. The van der Waals surface area contributed by atoms with E-state index in [-0.39, 0.29) is 5.41 Å². The van der Waals surface area contributed by atoms with Crippen LogP contribution in [0, 0.1) is 16.7 Å². The quantitative estimate of drug-likeness (QED) is 0.707. The number of ketones is 1. The molecule has 2 unspecified atom stereocenters. The number of rotatable bonds is 2. The largest absolute Gasteiger partial charge is 0.450 e. The normalized spacial score (nSPS) is 35.4. The van der Waals surface area contributed by atoms with Gasteiger partial charge in [-0.15, -0.1) is 0 Å². The van der Waals surface area contributed by atoms with Gasteiger partial charge < -0.3 is 0 Å². The van der Waals surface area contributed by atoms with Gasteiger partial charge in [-0.2, -0.15) is 13.2 Å². The third-order valence-electron chi connectivity index (χ3n) is 4.92. The number of hydrogen-bond donors (Lipinski definition) is 0. The molecule has 0 radical (unpaired) electrons. The first kappa shape index (κ1) is 13.0. The van der Waals surface area contributed by atoms with Gasteiger partial charge in [0.05, 0.1) is 0 Å². The van der Waals surface area contributed by atoms with Crippen molar-refractivity contribution in [2.75, 3.05) is 0 Å². The molecular formula is C12H15F3OS. The molecule has 2 bridgehead atoms. The maximum absolute atomic E-state index is 12.4. The zero-order valence-electron chi connectivity index (χ0n) is 9.86. The molecule has 2 atom stereocenters. The second-order valence-electron chi connectivity index (χ2n) is 5.76. The van der Waals surface area contributed by atoms with Gasteiger partial charge in [-0.3, -0.25) is 4.79 Å². The molecule has 2 fully saturated rings. The molecule has 0 spiro atoms. The highest BCUT2D eigenvalue weighted by Gasteiger charge is 2.63. The molecule has 0 aliphatic heterocycles. The number of Topliss-reactive ketones (excluding diaryl/α,β-unsaturated/α-hetero) is 1. The van der Waals surface area contributed by atoms with Crippen LogP contribution in [0.1, 0.15) is 39.5 Å². The first-order valence-electron chi connectivity index (χ1n) is 5.74. The summed E-state index contributed by atoms with van der Waals surface area (Å²) in [5.41, 5.74) is -0.968. The van der Waals surface area contributed by atoms with Gasteiger partial charge in [0.1, 0.15) is 0 Å². The van der Waals surface area contributed by atoms with E-state index in [9.17, 15) is 18.0 Å². The summed E-state index contributed by atoms with van der Waals surface area (Å²) in [6.07, 6.45) is -2.98. The Bertz CT molecular complexity index is 386. The van der Waals surface area contributed by atoms with E-state index < -0.39 is 23.8 Å². The smallest absolute Gasteiger partial charge is 0.290 e. The van der Waals surface area contributed by atoms with Crippen molar-refractivity contribution >= 4 is 22.9 Å². The lowest BCUT2D eigenvalue weighted by Gasteiger charge is -2.37. The monoisotopic (exact) mass is 264 g/mol. The summed E-state index contributed by atoms with van der Waals surface area (Å²) in [5, 5.41) is 0. The molecule has 0 amide bonds. The maximum atomic E-state index is 12.4. The molecule has 0 N–H and O–H groups in total. The zero-order chi connectivity index (χ0) is 13.1. The number of thiocarbonyl (C=S) groups is 1. The molecular weight excluding hydrogens is 249 g/mol. The van der Waals surface area contributed by atoms with E-state index in [0.717, 1.165) is 6.42 Å². The molecule has 2 aliphatic carbocycles. The van der Waals surface area contributed by atoms with Gasteiger partial charge in [0.25, 0.3) is 0 Å². The zero-order valence-corrected chi connectivity index (χ0v) is 10.7. The average Bonchev–Trinajstić information content (AvgIpc) is 2.49. The summed E-state index contributed by atoms with van der Waals surface area (Å²) in [6.45, 7) is 3.90. The van der Waals surface area contributed by atoms with Crippen LogP contribution in [-0.2, 0) is 4.79 Å². The van der Waals surface area contributed by atoms with Crippen molar-refractivity contribution in [3.8, 4) is 0 Å². The molecule has 0 aromatic heterocycles. The van der Waals surface area contributed by atoms with Crippen molar-refractivity contribution in [2.45, 2.75) is 45.7 Å². The molecule has 1 nitrogen and oxygen atoms in total. The Balaban J connectivity index is 2.30. The van der Waals surface area contributed by atoms with Crippen LogP contribution in [-0.4, -0.2) is 16.8 Å². The molecule has 0 aromatic rings. The number of alkyl halides is 3. The Morgan fingerprint density at radius 2 is 2.06 bits per heavy atom. The lowest BCUT2D eigenvalue weighted by atomic mass is 9.66. The summed E-state index contributed by atoms with van der Waals surface area (Å²) in [5.74, 6) is -1.29. The Kier molecular flexibility index (Phi) is 2.70. The minimum atomic E-state index is -4.74. The van der Waals surface area contributed by atoms with Crippen molar-refractivity contribution in [3.63, 3.8) is 0 Å². The fraction of sp³-hybridized carbons (Fsp3) is 0.833. The van der Waals surface area contributed by atoms with E-state index in [4.69, 9.17) is 12.2 Å². The number of halogens is 3. The Labute approximate surface area is 104 Å². The first-order chi connectivity index (χ1) is 7.61. The van der Waals surface area contributed by atoms with E-state index in [0.29, 0.717) is 23.6 Å². The SMILES string of the molecule is CC1(C)C2CCC1(CC(=O)C(F)(F)F)C(=S)C2. The molecule has 0 heterocycles. The van der Waals surface area contributed by atoms with Gasteiger partial charge in [-0.05, 0) is 30.6 Å². The van der Waals surface area contributed by atoms with Crippen molar-refractivity contribution in [1.29, 1.82) is 0 Å². The molecule has 5 heteroatoms. The summed E-state index contributed by atoms with van der Waals surface area (Å²) >= 11 is 5.25. The number of carbonyl (C=O) groups is 1. The summed E-state index contributed by atoms with van der Waals surface area (Å²) in [7, 11) is 0. The minimum Gasteiger partial charge on any atom is -0.290 e. The second kappa shape index (κ2) is 3.53. The molecule has 2 saturated carbocycles. The van der Waals surface area contributed by atoms with Crippen molar-refractivity contribution < 1.29 is 18.0 Å². The van der Waals surface area contributed by atoms with Crippen LogP contribution in [0.4, 0.5) is 13.2 Å². The molecule has 0 saturated heterocycles. The summed E-state index contributed by atoms with van der Waals surface area (Å²) in [4.78, 5) is 11.9. The van der Waals surface area contributed by atoms with Gasteiger partial charge in [0, 0.05) is 16.7 Å². The first-order valence-corrected chi connectivity index (χ1v) is 6.15. The summed E-state index contributed by atoms with van der Waals surface area (Å²) in [6, 6.07) is 0. The predicted molar refractivity (Wildman–Crippen MR) is 61.8 cm³/mol. The predicted octanol–water partition coefficient (Wildman–Crippen LogP) is 3.70. The number of hydrogen-bond acceptors (Lipinski definition) is 2. The maximum Gasteiger partial charge on any atom is 0.450 e. The molecule has 2 rings (SSSR count). The minimum absolute atomic E-state index is 0.273. The molecule has 2 aliphatic rings. The van der Waals surface area contributed by atoms with Gasteiger partial charge in [0.2, 0.25) is 5.78 Å². The third kappa shape index (κ3) is 1.65. The van der Waals surface area contributed by atoms with Crippen LogP contribution < -0.4 is 0 Å². The van der Waals surface area contributed by atoms with Crippen molar-refractivity contribution in [1.82, 2.24) is 0 Å². The molecule has 96 valence electrons. The van der Waals surface area contributed by atoms with Crippen LogP contribution in [0.25, 0.3) is 0 Å². The van der Waals surface area contributed by atoms with Gasteiger partial charge in [-0.25, -0.2) is 0 Å². The average molecular weight is 264 g/mol. The highest BCUT2D eigenvalue weighted by Crippen LogP contribution is 2.66. The van der Waals surface area contributed by atoms with Gasteiger partial charge in [-0.1, -0.05) is 26.1 Å².